The number of thioether (sulfide) groups is 1. The molecule has 2 aromatic carbocycles. The molecule has 0 aliphatic carbocycles. The summed E-state index contributed by atoms with van der Waals surface area (Å²) in [4.78, 5) is 28.8. The average molecular weight is 444 g/mol. The number of rotatable bonds is 2. The van der Waals surface area contributed by atoms with E-state index in [4.69, 9.17) is 0 Å². The fraction of sp³-hybridized carbons (Fsp3) is 0.300. The molecule has 3 heterocycles. The second-order valence-electron chi connectivity index (χ2n) is 7.18. The highest BCUT2D eigenvalue weighted by Crippen LogP contribution is 2.55. The average Bonchev–Trinajstić information content (AvgIpc) is 3.30. The van der Waals surface area contributed by atoms with Gasteiger partial charge in [0.1, 0.15) is 5.54 Å². The number of carbonyl (C=O) groups is 2. The molecule has 2 saturated heterocycles. The first kappa shape index (κ1) is 17.3. The Morgan fingerprint density at radius 2 is 2.11 bits per heavy atom. The molecule has 2 N–H and O–H groups in total. The summed E-state index contributed by atoms with van der Waals surface area (Å²) in [5.41, 5.74) is 1.56. The lowest BCUT2D eigenvalue weighted by Crippen LogP contribution is -2.53. The highest BCUT2D eigenvalue weighted by atomic mass is 79.9. The minimum absolute atomic E-state index is 0.0805. The number of anilines is 2. The van der Waals surface area contributed by atoms with Gasteiger partial charge >= 0.3 is 0 Å². The van der Waals surface area contributed by atoms with Gasteiger partial charge in [-0.1, -0.05) is 40.2 Å². The second-order valence-corrected chi connectivity index (χ2v) is 9.09. The molecule has 27 heavy (non-hydrogen) atoms. The number of halogens is 1. The molecule has 3 unspecified atom stereocenters. The SMILES string of the molecule is O=C(Nc1cccc(Br)c1)C1CC2CSCN2C12C(=O)Nc1ccccc12. The molecule has 0 bridgehead atoms. The Balaban J connectivity index is 1.57. The molecule has 0 saturated carbocycles. The molecule has 1 spiro atoms. The predicted molar refractivity (Wildman–Crippen MR) is 111 cm³/mol. The zero-order valence-corrected chi connectivity index (χ0v) is 16.8. The first-order valence-corrected chi connectivity index (χ1v) is 10.9. The van der Waals surface area contributed by atoms with Gasteiger partial charge in [0.05, 0.1) is 5.92 Å². The molecule has 0 aromatic heterocycles. The highest BCUT2D eigenvalue weighted by molar-refractivity contribution is 9.10. The van der Waals surface area contributed by atoms with Crippen molar-refractivity contribution in [3.8, 4) is 0 Å². The predicted octanol–water partition coefficient (Wildman–Crippen LogP) is 3.63. The molecule has 0 radical (unpaired) electrons. The number of para-hydroxylation sites is 1. The molecule has 3 atom stereocenters. The van der Waals surface area contributed by atoms with Crippen molar-refractivity contribution >= 4 is 50.9 Å². The van der Waals surface area contributed by atoms with Gasteiger partial charge in [-0.05, 0) is 30.7 Å². The largest absolute Gasteiger partial charge is 0.326 e. The number of fused-ring (bicyclic) bond motifs is 4. The van der Waals surface area contributed by atoms with Crippen LogP contribution < -0.4 is 10.6 Å². The Kier molecular flexibility index (Phi) is 4.07. The summed E-state index contributed by atoms with van der Waals surface area (Å²) in [6.07, 6.45) is 0.689. The molecule has 3 aliphatic rings. The topological polar surface area (TPSA) is 61.4 Å². The van der Waals surface area contributed by atoms with Gasteiger partial charge in [-0.25, -0.2) is 0 Å². The van der Waals surface area contributed by atoms with E-state index < -0.39 is 11.5 Å². The van der Waals surface area contributed by atoms with Crippen LogP contribution in [0.15, 0.2) is 53.0 Å². The van der Waals surface area contributed by atoms with E-state index in [1.807, 2.05) is 60.3 Å². The van der Waals surface area contributed by atoms with Gasteiger partial charge in [0.25, 0.3) is 0 Å². The van der Waals surface area contributed by atoms with E-state index in [0.29, 0.717) is 6.42 Å². The third kappa shape index (κ3) is 2.48. The van der Waals surface area contributed by atoms with Crippen LogP contribution in [-0.4, -0.2) is 34.4 Å². The van der Waals surface area contributed by atoms with Crippen LogP contribution >= 0.6 is 27.7 Å². The first-order valence-electron chi connectivity index (χ1n) is 8.92. The van der Waals surface area contributed by atoms with Crippen molar-refractivity contribution in [2.45, 2.75) is 18.0 Å². The molecule has 5 nitrogen and oxygen atoms in total. The number of benzene rings is 2. The van der Waals surface area contributed by atoms with Gasteiger partial charge in [0, 0.05) is 39.1 Å². The van der Waals surface area contributed by atoms with Crippen LogP contribution in [0.25, 0.3) is 0 Å². The lowest BCUT2D eigenvalue weighted by molar-refractivity contribution is -0.134. The highest BCUT2D eigenvalue weighted by Gasteiger charge is 2.65. The summed E-state index contributed by atoms with van der Waals surface area (Å²) in [6.45, 7) is 0. The van der Waals surface area contributed by atoms with E-state index in [1.165, 1.54) is 0 Å². The third-order valence-corrected chi connectivity index (χ3v) is 7.36. The van der Waals surface area contributed by atoms with Gasteiger partial charge in [0.15, 0.2) is 0 Å². The second kappa shape index (κ2) is 6.36. The van der Waals surface area contributed by atoms with E-state index in [1.54, 1.807) is 0 Å². The van der Waals surface area contributed by atoms with E-state index in [-0.39, 0.29) is 17.9 Å². The maximum atomic E-state index is 13.3. The number of amides is 2. The van der Waals surface area contributed by atoms with Crippen molar-refractivity contribution in [1.82, 2.24) is 4.90 Å². The standard InChI is InChI=1S/C20H18BrN3O2S/c21-12-4-3-5-13(8-12)22-18(25)16-9-14-10-27-11-24(14)20(16)15-6-1-2-7-17(15)23-19(20)26/h1-8,14,16H,9-11H2,(H,22,25)(H,23,26). The van der Waals surface area contributed by atoms with E-state index in [9.17, 15) is 9.59 Å². The van der Waals surface area contributed by atoms with Crippen LogP contribution in [-0.2, 0) is 15.1 Å². The fourth-order valence-electron chi connectivity index (χ4n) is 4.70. The van der Waals surface area contributed by atoms with Gasteiger partial charge in [-0.15, -0.1) is 11.8 Å². The monoisotopic (exact) mass is 443 g/mol. The Morgan fingerprint density at radius 1 is 1.26 bits per heavy atom. The summed E-state index contributed by atoms with van der Waals surface area (Å²) in [5.74, 6) is 1.12. The molecule has 5 rings (SSSR count). The Morgan fingerprint density at radius 3 is 2.96 bits per heavy atom. The van der Waals surface area contributed by atoms with Crippen molar-refractivity contribution in [2.75, 3.05) is 22.3 Å². The molecule has 7 heteroatoms. The molecule has 138 valence electrons. The van der Waals surface area contributed by atoms with E-state index >= 15 is 0 Å². The zero-order valence-electron chi connectivity index (χ0n) is 14.4. The van der Waals surface area contributed by atoms with Crippen LogP contribution in [0.3, 0.4) is 0 Å². The molecular weight excluding hydrogens is 426 g/mol. The van der Waals surface area contributed by atoms with Crippen molar-refractivity contribution in [3.63, 3.8) is 0 Å². The van der Waals surface area contributed by atoms with Gasteiger partial charge in [-0.3, -0.25) is 14.5 Å². The van der Waals surface area contributed by atoms with Crippen molar-refractivity contribution in [1.29, 1.82) is 0 Å². The summed E-state index contributed by atoms with van der Waals surface area (Å²) < 4.78 is 0.905. The quantitative estimate of drug-likeness (QED) is 0.743. The lowest BCUT2D eigenvalue weighted by Gasteiger charge is -2.36. The number of hydrogen-bond acceptors (Lipinski definition) is 4. The van der Waals surface area contributed by atoms with Crippen LogP contribution in [0.4, 0.5) is 11.4 Å². The Labute approximate surface area is 170 Å². The van der Waals surface area contributed by atoms with Gasteiger partial charge < -0.3 is 10.6 Å². The normalized spacial score (nSPS) is 28.9. The smallest absolute Gasteiger partial charge is 0.250 e. The maximum absolute atomic E-state index is 13.3. The van der Waals surface area contributed by atoms with E-state index in [2.05, 4.69) is 31.5 Å². The molecular formula is C20H18BrN3O2S. The summed E-state index contributed by atoms with van der Waals surface area (Å²) >= 11 is 5.27. The molecule has 2 amide bonds. The Hall–Kier alpha value is -1.83. The zero-order chi connectivity index (χ0) is 18.6. The molecule has 2 fully saturated rings. The molecule has 2 aromatic rings. The molecule has 3 aliphatic heterocycles. The van der Waals surface area contributed by atoms with Crippen LogP contribution in [0.5, 0.6) is 0 Å². The van der Waals surface area contributed by atoms with Crippen molar-refractivity contribution in [3.05, 3.63) is 58.6 Å². The van der Waals surface area contributed by atoms with Crippen LogP contribution in [0, 0.1) is 5.92 Å². The lowest BCUT2D eigenvalue weighted by atomic mass is 9.79. The van der Waals surface area contributed by atoms with Crippen molar-refractivity contribution < 1.29 is 9.59 Å². The number of carbonyl (C=O) groups excluding carboxylic acids is 2. The summed E-state index contributed by atoms with van der Waals surface area (Å²) in [5, 5.41) is 6.06. The number of hydrogen-bond donors (Lipinski definition) is 2. The fourth-order valence-corrected chi connectivity index (χ4v) is 6.40. The van der Waals surface area contributed by atoms with E-state index in [0.717, 1.165) is 33.0 Å². The summed E-state index contributed by atoms with van der Waals surface area (Å²) in [6, 6.07) is 15.5. The summed E-state index contributed by atoms with van der Waals surface area (Å²) in [7, 11) is 0. The van der Waals surface area contributed by atoms with Gasteiger partial charge in [-0.2, -0.15) is 0 Å². The Bertz CT molecular complexity index is 952. The minimum Gasteiger partial charge on any atom is -0.326 e. The third-order valence-electron chi connectivity index (χ3n) is 5.79. The first-order chi connectivity index (χ1) is 13.1. The van der Waals surface area contributed by atoms with Crippen molar-refractivity contribution in [2.24, 2.45) is 5.92 Å². The maximum Gasteiger partial charge on any atom is 0.250 e. The number of nitrogens with zero attached hydrogens (tertiary/aromatic N) is 1. The minimum atomic E-state index is -0.916. The number of nitrogens with one attached hydrogen (secondary N) is 2. The van der Waals surface area contributed by atoms with Crippen LogP contribution in [0.2, 0.25) is 0 Å². The van der Waals surface area contributed by atoms with Crippen LogP contribution in [0.1, 0.15) is 12.0 Å². The van der Waals surface area contributed by atoms with Gasteiger partial charge in [0.2, 0.25) is 11.8 Å².